The first-order valence-electron chi connectivity index (χ1n) is 11.7. The maximum Gasteiger partial charge on any atom is 0.334 e. The van der Waals surface area contributed by atoms with Gasteiger partial charge in [-0.15, -0.1) is 0 Å². The van der Waals surface area contributed by atoms with Crippen molar-refractivity contribution in [2.75, 3.05) is 14.2 Å². The first-order chi connectivity index (χ1) is 15.5. The standard InChI is InChI=1S/C25H32N2O5/c1-31-20-14-13-17(22(16-20)32-2)15-21-23(28)26(18-9-5-3-6-10-18)25(30)27(24(21)29)19-11-7-4-8-12-19/h13-16,18-19H,3-12H2,1-2H3. The molecule has 1 aromatic rings. The number of carbonyl (C=O) groups is 3. The molecule has 0 bridgehead atoms. The van der Waals surface area contributed by atoms with Crippen molar-refractivity contribution in [1.82, 2.24) is 9.80 Å². The van der Waals surface area contributed by atoms with Crippen molar-refractivity contribution in [3.63, 3.8) is 0 Å². The maximum absolute atomic E-state index is 13.5. The van der Waals surface area contributed by atoms with E-state index in [0.717, 1.165) is 64.2 Å². The molecule has 0 unspecified atom stereocenters. The molecule has 2 aliphatic carbocycles. The van der Waals surface area contributed by atoms with Crippen LogP contribution in [-0.2, 0) is 9.59 Å². The zero-order valence-electron chi connectivity index (χ0n) is 19.0. The third-order valence-electron chi connectivity index (χ3n) is 6.93. The lowest BCUT2D eigenvalue weighted by molar-refractivity contribution is -0.139. The summed E-state index contributed by atoms with van der Waals surface area (Å²) in [7, 11) is 3.10. The van der Waals surface area contributed by atoms with Gasteiger partial charge in [-0.25, -0.2) is 4.79 Å². The number of benzene rings is 1. The Labute approximate surface area is 189 Å². The number of urea groups is 1. The summed E-state index contributed by atoms with van der Waals surface area (Å²) in [6.07, 6.45) is 10.9. The van der Waals surface area contributed by atoms with Crippen LogP contribution in [0.1, 0.15) is 69.8 Å². The van der Waals surface area contributed by atoms with Crippen LogP contribution in [0.5, 0.6) is 11.5 Å². The average molecular weight is 441 g/mol. The van der Waals surface area contributed by atoms with E-state index in [-0.39, 0.29) is 17.7 Å². The molecule has 1 aromatic carbocycles. The molecule has 0 spiro atoms. The van der Waals surface area contributed by atoms with Gasteiger partial charge in [-0.05, 0) is 43.9 Å². The highest BCUT2D eigenvalue weighted by molar-refractivity contribution is 6.31. The molecule has 0 aromatic heterocycles. The van der Waals surface area contributed by atoms with Crippen LogP contribution in [0.2, 0.25) is 0 Å². The summed E-state index contributed by atoms with van der Waals surface area (Å²) >= 11 is 0. The Balaban J connectivity index is 1.75. The Morgan fingerprint density at radius 2 is 1.31 bits per heavy atom. The largest absolute Gasteiger partial charge is 0.497 e. The minimum atomic E-state index is -0.489. The highest BCUT2D eigenvalue weighted by Crippen LogP contribution is 2.34. The van der Waals surface area contributed by atoms with E-state index in [1.165, 1.54) is 16.9 Å². The van der Waals surface area contributed by atoms with Crippen molar-refractivity contribution in [3.8, 4) is 11.5 Å². The second-order valence-corrected chi connectivity index (χ2v) is 8.88. The Hall–Kier alpha value is -2.83. The fraction of sp³-hybridized carbons (Fsp3) is 0.560. The molecule has 1 aliphatic heterocycles. The van der Waals surface area contributed by atoms with Crippen LogP contribution in [0, 0.1) is 0 Å². The fourth-order valence-electron chi connectivity index (χ4n) is 5.18. The molecule has 0 atom stereocenters. The van der Waals surface area contributed by atoms with Gasteiger partial charge < -0.3 is 9.47 Å². The van der Waals surface area contributed by atoms with Crippen molar-refractivity contribution < 1.29 is 23.9 Å². The molecule has 0 radical (unpaired) electrons. The van der Waals surface area contributed by atoms with Crippen LogP contribution < -0.4 is 9.47 Å². The molecule has 32 heavy (non-hydrogen) atoms. The van der Waals surface area contributed by atoms with E-state index in [1.807, 2.05) is 0 Å². The highest BCUT2D eigenvalue weighted by Gasteiger charge is 2.47. The average Bonchev–Trinajstić information content (AvgIpc) is 2.83. The van der Waals surface area contributed by atoms with E-state index >= 15 is 0 Å². The molecule has 1 heterocycles. The normalized spacial score (nSPS) is 21.2. The zero-order valence-corrected chi connectivity index (χ0v) is 19.0. The van der Waals surface area contributed by atoms with Gasteiger partial charge in [0.2, 0.25) is 0 Å². The summed E-state index contributed by atoms with van der Waals surface area (Å²) in [5.74, 6) is 0.143. The monoisotopic (exact) mass is 440 g/mol. The van der Waals surface area contributed by atoms with Crippen molar-refractivity contribution in [2.45, 2.75) is 76.3 Å². The smallest absolute Gasteiger partial charge is 0.334 e. The minimum Gasteiger partial charge on any atom is -0.497 e. The van der Waals surface area contributed by atoms with Gasteiger partial charge >= 0.3 is 6.03 Å². The lowest BCUT2D eigenvalue weighted by Gasteiger charge is -2.43. The summed E-state index contributed by atoms with van der Waals surface area (Å²) in [5, 5.41) is 0. The minimum absolute atomic E-state index is 0.0317. The zero-order chi connectivity index (χ0) is 22.7. The Morgan fingerprint density at radius 3 is 1.78 bits per heavy atom. The van der Waals surface area contributed by atoms with Crippen molar-refractivity contribution in [3.05, 3.63) is 29.3 Å². The van der Waals surface area contributed by atoms with Gasteiger partial charge in [0.1, 0.15) is 17.1 Å². The Kier molecular flexibility index (Phi) is 6.82. The van der Waals surface area contributed by atoms with E-state index in [2.05, 4.69) is 0 Å². The van der Waals surface area contributed by atoms with E-state index < -0.39 is 17.8 Å². The van der Waals surface area contributed by atoms with Crippen LogP contribution in [0.25, 0.3) is 6.08 Å². The van der Waals surface area contributed by atoms with Crippen molar-refractivity contribution in [1.29, 1.82) is 0 Å². The third kappa shape index (κ3) is 4.25. The number of barbiturate groups is 1. The number of amides is 4. The van der Waals surface area contributed by atoms with Crippen LogP contribution in [0.3, 0.4) is 0 Å². The van der Waals surface area contributed by atoms with Crippen LogP contribution in [0.15, 0.2) is 23.8 Å². The first kappa shape index (κ1) is 22.4. The molecule has 0 N–H and O–H groups in total. The van der Waals surface area contributed by atoms with Crippen molar-refractivity contribution >= 4 is 23.9 Å². The highest BCUT2D eigenvalue weighted by atomic mass is 16.5. The summed E-state index contributed by atoms with van der Waals surface area (Å²) in [6.45, 7) is 0. The van der Waals surface area contributed by atoms with E-state index in [1.54, 1.807) is 31.4 Å². The van der Waals surface area contributed by atoms with Gasteiger partial charge in [-0.2, -0.15) is 0 Å². The SMILES string of the molecule is COc1ccc(C=C2C(=O)N(C3CCCCC3)C(=O)N(C3CCCCC3)C2=O)c(OC)c1. The molecule has 1 saturated heterocycles. The lowest BCUT2D eigenvalue weighted by atomic mass is 9.90. The number of carbonyl (C=O) groups excluding carboxylic acids is 3. The Bertz CT molecular complexity index is 871. The molecule has 172 valence electrons. The molecular formula is C25H32N2O5. The van der Waals surface area contributed by atoms with Gasteiger partial charge in [0.25, 0.3) is 11.8 Å². The number of imide groups is 2. The van der Waals surface area contributed by atoms with Gasteiger partial charge in [-0.3, -0.25) is 19.4 Å². The molecule has 4 rings (SSSR count). The number of hydrogen-bond acceptors (Lipinski definition) is 5. The van der Waals surface area contributed by atoms with Gasteiger partial charge in [0, 0.05) is 23.7 Å². The summed E-state index contributed by atoms with van der Waals surface area (Å²) < 4.78 is 10.7. The molecule has 7 heteroatoms. The summed E-state index contributed by atoms with van der Waals surface area (Å²) in [4.78, 5) is 43.3. The molecule has 3 fully saturated rings. The van der Waals surface area contributed by atoms with E-state index in [4.69, 9.17) is 9.47 Å². The van der Waals surface area contributed by atoms with E-state index in [0.29, 0.717) is 17.1 Å². The predicted molar refractivity (Wildman–Crippen MR) is 120 cm³/mol. The molecule has 3 aliphatic rings. The third-order valence-corrected chi connectivity index (χ3v) is 6.93. The van der Waals surface area contributed by atoms with E-state index in [9.17, 15) is 14.4 Å². The van der Waals surface area contributed by atoms with Gasteiger partial charge in [-0.1, -0.05) is 38.5 Å². The van der Waals surface area contributed by atoms with Crippen LogP contribution in [0.4, 0.5) is 4.79 Å². The van der Waals surface area contributed by atoms with Crippen LogP contribution in [-0.4, -0.2) is 53.9 Å². The lowest BCUT2D eigenvalue weighted by Crippen LogP contribution is -2.62. The topological polar surface area (TPSA) is 76.2 Å². The molecule has 7 nitrogen and oxygen atoms in total. The molecular weight excluding hydrogens is 408 g/mol. The second kappa shape index (κ2) is 9.76. The van der Waals surface area contributed by atoms with Gasteiger partial charge in [0.15, 0.2) is 0 Å². The Morgan fingerprint density at radius 1 is 0.781 bits per heavy atom. The molecule has 2 saturated carbocycles. The number of ether oxygens (including phenoxy) is 2. The fourth-order valence-corrected chi connectivity index (χ4v) is 5.18. The number of methoxy groups -OCH3 is 2. The van der Waals surface area contributed by atoms with Crippen molar-refractivity contribution in [2.24, 2.45) is 0 Å². The number of hydrogen-bond donors (Lipinski definition) is 0. The predicted octanol–water partition coefficient (Wildman–Crippen LogP) is 4.54. The summed E-state index contributed by atoms with van der Waals surface area (Å²) in [6, 6.07) is 4.51. The number of rotatable bonds is 5. The van der Waals surface area contributed by atoms with Crippen LogP contribution >= 0.6 is 0 Å². The number of nitrogens with zero attached hydrogens (tertiary/aromatic N) is 2. The maximum atomic E-state index is 13.5. The first-order valence-corrected chi connectivity index (χ1v) is 11.7. The van der Waals surface area contributed by atoms with Gasteiger partial charge in [0.05, 0.1) is 14.2 Å². The quantitative estimate of drug-likeness (QED) is 0.496. The second-order valence-electron chi connectivity index (χ2n) is 8.88. The summed E-state index contributed by atoms with van der Waals surface area (Å²) in [5.41, 5.74) is 0.635. The molecule has 4 amide bonds.